The van der Waals surface area contributed by atoms with Crippen molar-refractivity contribution in [2.75, 3.05) is 11.1 Å². The third-order valence-corrected chi connectivity index (χ3v) is 5.50. The number of anilines is 1. The van der Waals surface area contributed by atoms with Crippen LogP contribution in [0.3, 0.4) is 0 Å². The number of carbonyl (C=O) groups is 2. The Kier molecular flexibility index (Phi) is 7.13. The first kappa shape index (κ1) is 22.1. The van der Waals surface area contributed by atoms with E-state index in [9.17, 15) is 18.0 Å². The first-order chi connectivity index (χ1) is 13.6. The summed E-state index contributed by atoms with van der Waals surface area (Å²) in [7, 11) is -3.51. The number of carbonyl (C=O) groups excluding carboxylic acids is 2. The van der Waals surface area contributed by atoms with Crippen molar-refractivity contribution in [2.45, 2.75) is 32.6 Å². The Morgan fingerprint density at radius 1 is 1.14 bits per heavy atom. The Balaban J connectivity index is 1.98. The summed E-state index contributed by atoms with van der Waals surface area (Å²) in [5.74, 6) is -2.00. The lowest BCUT2D eigenvalue weighted by Gasteiger charge is -2.15. The number of sulfone groups is 1. The van der Waals surface area contributed by atoms with Crippen LogP contribution in [0.2, 0.25) is 0 Å². The van der Waals surface area contributed by atoms with Crippen molar-refractivity contribution in [2.24, 2.45) is 0 Å². The van der Waals surface area contributed by atoms with E-state index in [0.717, 1.165) is 11.1 Å². The van der Waals surface area contributed by atoms with E-state index in [4.69, 9.17) is 10.00 Å². The minimum absolute atomic E-state index is 0.192. The Hall–Kier alpha value is -3.18. The fraction of sp³-hybridized carbons (Fsp3) is 0.286. The second-order valence-corrected chi connectivity index (χ2v) is 8.81. The molecule has 0 aliphatic heterocycles. The molecule has 2 aromatic carbocycles. The van der Waals surface area contributed by atoms with Gasteiger partial charge in [-0.25, -0.2) is 13.2 Å². The van der Waals surface area contributed by atoms with E-state index in [2.05, 4.69) is 5.32 Å². The van der Waals surface area contributed by atoms with E-state index < -0.39 is 33.6 Å². The summed E-state index contributed by atoms with van der Waals surface area (Å²) in [4.78, 5) is 24.6. The minimum Gasteiger partial charge on any atom is -0.449 e. The number of hydrogen-bond acceptors (Lipinski definition) is 6. The summed E-state index contributed by atoms with van der Waals surface area (Å²) in [5, 5.41) is 11.3. The number of nitriles is 1. The van der Waals surface area contributed by atoms with E-state index in [1.807, 2.05) is 26.0 Å². The fourth-order valence-electron chi connectivity index (χ4n) is 2.61. The van der Waals surface area contributed by atoms with Crippen LogP contribution >= 0.6 is 0 Å². The number of amides is 1. The van der Waals surface area contributed by atoms with Gasteiger partial charge in [-0.1, -0.05) is 29.8 Å². The molecule has 152 valence electrons. The van der Waals surface area contributed by atoms with Gasteiger partial charge in [-0.15, -0.1) is 0 Å². The SMILES string of the molecule is Cc1ccc(NC(=O)[C@@H](C)OC(=O)c2ccc(CS(=O)(=O)CC#N)cc2)c(C)c1. The van der Waals surface area contributed by atoms with Crippen molar-refractivity contribution < 1.29 is 22.7 Å². The van der Waals surface area contributed by atoms with Gasteiger partial charge in [-0.3, -0.25) is 4.79 Å². The highest BCUT2D eigenvalue weighted by Gasteiger charge is 2.20. The molecular formula is C21H22N2O5S. The maximum Gasteiger partial charge on any atom is 0.338 e. The van der Waals surface area contributed by atoms with Crippen LogP contribution in [0.1, 0.15) is 34.0 Å². The zero-order chi connectivity index (χ0) is 21.6. The van der Waals surface area contributed by atoms with Crippen LogP contribution in [-0.4, -0.2) is 32.2 Å². The molecule has 0 aliphatic rings. The van der Waals surface area contributed by atoms with Crippen LogP contribution in [0.25, 0.3) is 0 Å². The molecule has 0 saturated carbocycles. The van der Waals surface area contributed by atoms with Gasteiger partial charge in [0.2, 0.25) is 0 Å². The summed E-state index contributed by atoms with van der Waals surface area (Å²) in [6, 6.07) is 13.0. The molecule has 1 amide bonds. The fourth-order valence-corrected chi connectivity index (χ4v) is 3.61. The van der Waals surface area contributed by atoms with Gasteiger partial charge in [0, 0.05) is 5.69 Å². The molecule has 0 spiro atoms. The highest BCUT2D eigenvalue weighted by atomic mass is 32.2. The third-order valence-electron chi connectivity index (χ3n) is 4.15. The van der Waals surface area contributed by atoms with Gasteiger partial charge in [0.1, 0.15) is 5.75 Å². The number of benzene rings is 2. The summed E-state index contributed by atoms with van der Waals surface area (Å²) >= 11 is 0. The molecule has 8 heteroatoms. The number of esters is 1. The molecule has 1 N–H and O–H groups in total. The lowest BCUT2D eigenvalue weighted by Crippen LogP contribution is -2.30. The average Bonchev–Trinajstić information content (AvgIpc) is 2.64. The summed E-state index contributed by atoms with van der Waals surface area (Å²) in [6.45, 7) is 5.30. The maximum atomic E-state index is 12.3. The van der Waals surface area contributed by atoms with Gasteiger partial charge in [-0.2, -0.15) is 5.26 Å². The molecule has 0 aromatic heterocycles. The predicted octanol–water partition coefficient (Wildman–Crippen LogP) is 2.93. The highest BCUT2D eigenvalue weighted by molar-refractivity contribution is 7.90. The number of hydrogen-bond donors (Lipinski definition) is 1. The van der Waals surface area contributed by atoms with Crippen LogP contribution < -0.4 is 5.32 Å². The zero-order valence-electron chi connectivity index (χ0n) is 16.4. The molecule has 0 aliphatic carbocycles. The molecule has 0 heterocycles. The zero-order valence-corrected chi connectivity index (χ0v) is 17.2. The van der Waals surface area contributed by atoms with Crippen molar-refractivity contribution in [3.05, 3.63) is 64.7 Å². The quantitative estimate of drug-likeness (QED) is 0.697. The van der Waals surface area contributed by atoms with Crippen LogP contribution in [0, 0.1) is 25.2 Å². The lowest BCUT2D eigenvalue weighted by molar-refractivity contribution is -0.123. The van der Waals surface area contributed by atoms with Crippen molar-refractivity contribution in [3.63, 3.8) is 0 Å². The van der Waals surface area contributed by atoms with Crippen LogP contribution in [0.15, 0.2) is 42.5 Å². The van der Waals surface area contributed by atoms with Crippen molar-refractivity contribution in [1.82, 2.24) is 0 Å². The first-order valence-corrected chi connectivity index (χ1v) is 10.7. The van der Waals surface area contributed by atoms with E-state index >= 15 is 0 Å². The lowest BCUT2D eigenvalue weighted by atomic mass is 10.1. The highest BCUT2D eigenvalue weighted by Crippen LogP contribution is 2.17. The van der Waals surface area contributed by atoms with Gasteiger partial charge < -0.3 is 10.1 Å². The second kappa shape index (κ2) is 9.34. The Morgan fingerprint density at radius 3 is 2.38 bits per heavy atom. The van der Waals surface area contributed by atoms with Crippen LogP contribution in [0.5, 0.6) is 0 Å². The summed E-state index contributed by atoms with van der Waals surface area (Å²) < 4.78 is 28.5. The number of nitrogens with zero attached hydrogens (tertiary/aromatic N) is 1. The molecule has 29 heavy (non-hydrogen) atoms. The maximum absolute atomic E-state index is 12.3. The number of nitrogens with one attached hydrogen (secondary N) is 1. The third kappa shape index (κ3) is 6.43. The molecule has 2 rings (SSSR count). The van der Waals surface area contributed by atoms with Crippen molar-refractivity contribution in [3.8, 4) is 6.07 Å². The van der Waals surface area contributed by atoms with Gasteiger partial charge in [0.25, 0.3) is 5.91 Å². The Morgan fingerprint density at radius 2 is 1.79 bits per heavy atom. The minimum atomic E-state index is -3.51. The molecule has 7 nitrogen and oxygen atoms in total. The monoisotopic (exact) mass is 414 g/mol. The summed E-state index contributed by atoms with van der Waals surface area (Å²) in [5.41, 5.74) is 3.27. The molecule has 1 atom stereocenters. The largest absolute Gasteiger partial charge is 0.449 e. The van der Waals surface area contributed by atoms with E-state index in [-0.39, 0.29) is 11.3 Å². The van der Waals surface area contributed by atoms with Crippen molar-refractivity contribution in [1.29, 1.82) is 5.26 Å². The van der Waals surface area contributed by atoms with Crippen molar-refractivity contribution >= 4 is 27.4 Å². The standard InChI is InChI=1S/C21H22N2O5S/c1-14-4-9-19(15(2)12-14)23-20(24)16(3)28-21(25)18-7-5-17(6-8-18)13-29(26,27)11-10-22/h4-9,12,16H,11,13H2,1-3H3,(H,23,24)/t16-/m1/s1. The molecule has 0 radical (unpaired) electrons. The molecule has 0 saturated heterocycles. The van der Waals surface area contributed by atoms with Gasteiger partial charge in [-0.05, 0) is 50.1 Å². The van der Waals surface area contributed by atoms with Crippen LogP contribution in [-0.2, 0) is 25.1 Å². The Labute approximate surface area is 170 Å². The summed E-state index contributed by atoms with van der Waals surface area (Å²) in [6.07, 6.45) is -1.01. The molecule has 0 bridgehead atoms. The Bertz CT molecular complexity index is 1050. The van der Waals surface area contributed by atoms with Gasteiger partial charge in [0.15, 0.2) is 15.9 Å². The topological polar surface area (TPSA) is 113 Å². The predicted molar refractivity (Wildman–Crippen MR) is 109 cm³/mol. The van der Waals surface area contributed by atoms with Gasteiger partial charge >= 0.3 is 5.97 Å². The van der Waals surface area contributed by atoms with Crippen LogP contribution in [0.4, 0.5) is 5.69 Å². The van der Waals surface area contributed by atoms with Gasteiger partial charge in [0.05, 0.1) is 17.4 Å². The molecule has 2 aromatic rings. The molecule has 0 unspecified atom stereocenters. The smallest absolute Gasteiger partial charge is 0.338 e. The number of aryl methyl sites for hydroxylation is 2. The average molecular weight is 414 g/mol. The van der Waals surface area contributed by atoms with E-state index in [1.165, 1.54) is 31.2 Å². The number of ether oxygens (including phenoxy) is 1. The second-order valence-electron chi connectivity index (χ2n) is 6.74. The normalized spacial score (nSPS) is 11.9. The number of rotatable bonds is 7. The molecular weight excluding hydrogens is 392 g/mol. The molecule has 0 fully saturated rings. The first-order valence-electron chi connectivity index (χ1n) is 8.86. The van der Waals surface area contributed by atoms with E-state index in [0.29, 0.717) is 11.3 Å². The van der Waals surface area contributed by atoms with E-state index in [1.54, 1.807) is 12.1 Å².